The van der Waals surface area contributed by atoms with E-state index in [0.29, 0.717) is 31.9 Å². The van der Waals surface area contributed by atoms with Crippen molar-refractivity contribution in [2.75, 3.05) is 44.8 Å². The van der Waals surface area contributed by atoms with Crippen LogP contribution in [-0.4, -0.2) is 69.0 Å². The molecular weight excluding hydrogens is 367 g/mol. The smallest absolute Gasteiger partial charge is 0.406 e. The number of carbonyl (C=O) groups is 2. The Balaban J connectivity index is 1.97. The van der Waals surface area contributed by atoms with Gasteiger partial charge < -0.3 is 24.6 Å². The van der Waals surface area contributed by atoms with Gasteiger partial charge in [-0.3, -0.25) is 9.59 Å². The van der Waals surface area contributed by atoms with Crippen LogP contribution in [0.4, 0.5) is 18.9 Å². The molecule has 1 heterocycles. The summed E-state index contributed by atoms with van der Waals surface area (Å²) in [5, 5.41) is 2.56. The van der Waals surface area contributed by atoms with E-state index in [4.69, 9.17) is 4.74 Å². The van der Waals surface area contributed by atoms with Crippen LogP contribution in [0, 0.1) is 0 Å². The van der Waals surface area contributed by atoms with E-state index in [9.17, 15) is 22.8 Å². The lowest BCUT2D eigenvalue weighted by Gasteiger charge is -2.37. The first-order chi connectivity index (χ1) is 12.7. The Kier molecular flexibility index (Phi) is 6.89. The number of amides is 2. The zero-order valence-corrected chi connectivity index (χ0v) is 15.1. The van der Waals surface area contributed by atoms with Crippen LogP contribution in [0.1, 0.15) is 6.92 Å². The molecule has 1 atom stereocenters. The van der Waals surface area contributed by atoms with Crippen LogP contribution in [0.2, 0.25) is 0 Å². The highest BCUT2D eigenvalue weighted by Crippen LogP contribution is 2.27. The minimum absolute atomic E-state index is 0.0649. The standard InChI is InChI=1S/C17H22F3N3O4/c1-12(24)21-15(11-26-2)16(25)23-8-6-22(7-9-23)13-4-3-5-14(10-13)27-17(18,19)20/h3-5,10,15H,6-9,11H2,1-2H3,(H,21,24)/t15-/m1/s1. The number of methoxy groups -OCH3 is 1. The fraction of sp³-hybridized carbons (Fsp3) is 0.529. The van der Waals surface area contributed by atoms with Gasteiger partial charge >= 0.3 is 6.36 Å². The summed E-state index contributed by atoms with van der Waals surface area (Å²) in [7, 11) is 1.44. The number of carbonyl (C=O) groups excluding carboxylic acids is 2. The highest BCUT2D eigenvalue weighted by atomic mass is 19.4. The molecule has 1 saturated heterocycles. The molecule has 0 radical (unpaired) electrons. The number of alkyl halides is 3. The number of benzene rings is 1. The zero-order chi connectivity index (χ0) is 20.0. The van der Waals surface area contributed by atoms with Crippen molar-refractivity contribution in [2.45, 2.75) is 19.3 Å². The average Bonchev–Trinajstić information content (AvgIpc) is 2.59. The van der Waals surface area contributed by atoms with Gasteiger partial charge in [0.05, 0.1) is 6.61 Å². The lowest BCUT2D eigenvalue weighted by molar-refractivity contribution is -0.274. The molecule has 1 fully saturated rings. The second-order valence-electron chi connectivity index (χ2n) is 6.07. The first-order valence-corrected chi connectivity index (χ1v) is 8.35. The molecule has 150 valence electrons. The van der Waals surface area contributed by atoms with Gasteiger partial charge in [-0.2, -0.15) is 0 Å². The van der Waals surface area contributed by atoms with Crippen molar-refractivity contribution < 1.29 is 32.2 Å². The number of rotatable bonds is 6. The van der Waals surface area contributed by atoms with E-state index in [1.165, 1.54) is 32.2 Å². The second kappa shape index (κ2) is 8.94. The maximum atomic E-state index is 12.5. The molecule has 10 heteroatoms. The number of nitrogens with zero attached hydrogens (tertiary/aromatic N) is 2. The molecule has 2 rings (SSSR count). The van der Waals surface area contributed by atoms with Crippen molar-refractivity contribution >= 4 is 17.5 Å². The Bertz CT molecular complexity index is 661. The molecule has 1 aromatic rings. The number of anilines is 1. The van der Waals surface area contributed by atoms with Gasteiger partial charge in [-0.1, -0.05) is 6.07 Å². The molecule has 0 unspecified atom stereocenters. The zero-order valence-electron chi connectivity index (χ0n) is 15.1. The quantitative estimate of drug-likeness (QED) is 0.796. The summed E-state index contributed by atoms with van der Waals surface area (Å²) in [5.74, 6) is -0.865. The van der Waals surface area contributed by atoms with E-state index in [1.54, 1.807) is 11.0 Å². The van der Waals surface area contributed by atoms with Crippen LogP contribution in [0.15, 0.2) is 24.3 Å². The Morgan fingerprint density at radius 1 is 1.22 bits per heavy atom. The minimum atomic E-state index is -4.75. The van der Waals surface area contributed by atoms with Gasteiger partial charge in [0.15, 0.2) is 0 Å². The Labute approximate surface area is 155 Å². The molecule has 0 spiro atoms. The molecule has 1 aliphatic rings. The van der Waals surface area contributed by atoms with Crippen molar-refractivity contribution in [3.05, 3.63) is 24.3 Å². The molecule has 1 aromatic carbocycles. The van der Waals surface area contributed by atoms with Crippen LogP contribution in [0.5, 0.6) is 5.75 Å². The SMILES string of the molecule is COC[C@@H](NC(C)=O)C(=O)N1CCN(c2cccc(OC(F)(F)F)c2)CC1. The normalized spacial score (nSPS) is 16.0. The molecule has 1 aliphatic heterocycles. The summed E-state index contributed by atoms with van der Waals surface area (Å²) in [4.78, 5) is 27.3. The third-order valence-electron chi connectivity index (χ3n) is 4.02. The molecule has 0 aromatic heterocycles. The summed E-state index contributed by atoms with van der Waals surface area (Å²) < 4.78 is 46.0. The lowest BCUT2D eigenvalue weighted by Crippen LogP contribution is -2.56. The summed E-state index contributed by atoms with van der Waals surface area (Å²) >= 11 is 0. The van der Waals surface area contributed by atoms with Gasteiger partial charge in [0.25, 0.3) is 0 Å². The number of ether oxygens (including phenoxy) is 2. The van der Waals surface area contributed by atoms with Gasteiger partial charge in [0, 0.05) is 52.0 Å². The monoisotopic (exact) mass is 389 g/mol. The highest BCUT2D eigenvalue weighted by molar-refractivity contribution is 5.87. The van der Waals surface area contributed by atoms with E-state index in [2.05, 4.69) is 10.1 Å². The van der Waals surface area contributed by atoms with Crippen LogP contribution in [0.3, 0.4) is 0 Å². The van der Waals surface area contributed by atoms with Gasteiger partial charge in [0.2, 0.25) is 11.8 Å². The van der Waals surface area contributed by atoms with Crippen molar-refractivity contribution in [1.29, 1.82) is 0 Å². The first-order valence-electron chi connectivity index (χ1n) is 8.35. The van der Waals surface area contributed by atoms with E-state index in [0.717, 1.165) is 0 Å². The minimum Gasteiger partial charge on any atom is -0.406 e. The molecule has 2 amide bonds. The van der Waals surface area contributed by atoms with E-state index in [-0.39, 0.29) is 24.2 Å². The number of piperazine rings is 1. The Morgan fingerprint density at radius 3 is 2.44 bits per heavy atom. The topological polar surface area (TPSA) is 71.1 Å². The number of halogens is 3. The number of nitrogens with one attached hydrogen (secondary N) is 1. The van der Waals surface area contributed by atoms with Gasteiger partial charge in [0.1, 0.15) is 11.8 Å². The average molecular weight is 389 g/mol. The molecular formula is C17H22F3N3O4. The van der Waals surface area contributed by atoms with Crippen molar-refractivity contribution in [3.63, 3.8) is 0 Å². The summed E-state index contributed by atoms with van der Waals surface area (Å²) in [5.41, 5.74) is 0.583. The van der Waals surface area contributed by atoms with E-state index >= 15 is 0 Å². The number of hydrogen-bond donors (Lipinski definition) is 1. The predicted octanol–water partition coefficient (Wildman–Crippen LogP) is 1.38. The predicted molar refractivity (Wildman–Crippen MR) is 91.4 cm³/mol. The largest absolute Gasteiger partial charge is 0.573 e. The molecule has 27 heavy (non-hydrogen) atoms. The van der Waals surface area contributed by atoms with Crippen molar-refractivity contribution in [2.24, 2.45) is 0 Å². The van der Waals surface area contributed by atoms with Crippen LogP contribution in [-0.2, 0) is 14.3 Å². The maximum Gasteiger partial charge on any atom is 0.573 e. The fourth-order valence-corrected chi connectivity index (χ4v) is 2.87. The summed E-state index contributed by atoms with van der Waals surface area (Å²) in [6.07, 6.45) is -4.75. The van der Waals surface area contributed by atoms with Crippen LogP contribution in [0.25, 0.3) is 0 Å². The van der Waals surface area contributed by atoms with Gasteiger partial charge in [-0.05, 0) is 12.1 Å². The van der Waals surface area contributed by atoms with E-state index < -0.39 is 12.4 Å². The van der Waals surface area contributed by atoms with Gasteiger partial charge in [-0.25, -0.2) is 0 Å². The van der Waals surface area contributed by atoms with Crippen molar-refractivity contribution in [3.8, 4) is 5.75 Å². The number of hydrogen-bond acceptors (Lipinski definition) is 5. The Hall–Kier alpha value is -2.49. The molecule has 0 aliphatic carbocycles. The third-order valence-corrected chi connectivity index (χ3v) is 4.02. The maximum absolute atomic E-state index is 12.5. The lowest BCUT2D eigenvalue weighted by atomic mass is 10.2. The molecule has 0 bridgehead atoms. The van der Waals surface area contributed by atoms with Crippen LogP contribution >= 0.6 is 0 Å². The van der Waals surface area contributed by atoms with Gasteiger partial charge in [-0.15, -0.1) is 13.2 Å². The highest BCUT2D eigenvalue weighted by Gasteiger charge is 2.32. The van der Waals surface area contributed by atoms with Crippen molar-refractivity contribution in [1.82, 2.24) is 10.2 Å². The molecule has 0 saturated carbocycles. The van der Waals surface area contributed by atoms with Crippen LogP contribution < -0.4 is 15.0 Å². The Morgan fingerprint density at radius 2 is 1.89 bits per heavy atom. The molecule has 1 N–H and O–H groups in total. The third kappa shape index (κ3) is 6.31. The first kappa shape index (κ1) is 20.8. The fourth-order valence-electron chi connectivity index (χ4n) is 2.87. The van der Waals surface area contributed by atoms with E-state index in [1.807, 2.05) is 4.90 Å². The summed E-state index contributed by atoms with van der Waals surface area (Å²) in [6, 6.07) is 4.96. The summed E-state index contributed by atoms with van der Waals surface area (Å²) in [6.45, 7) is 3.04. The molecule has 7 nitrogen and oxygen atoms in total. The second-order valence-corrected chi connectivity index (χ2v) is 6.07.